The fourth-order valence-electron chi connectivity index (χ4n) is 1.82. The molecule has 5 nitrogen and oxygen atoms in total. The highest BCUT2D eigenvalue weighted by Gasteiger charge is 2.16. The van der Waals surface area contributed by atoms with Gasteiger partial charge in [-0.05, 0) is 32.9 Å². The Balaban J connectivity index is 1.96. The van der Waals surface area contributed by atoms with Gasteiger partial charge >= 0.3 is 0 Å². The average molecular weight is 352 g/mol. The molecule has 0 saturated heterocycles. The maximum absolute atomic E-state index is 12.0. The molecule has 0 unspecified atom stereocenters. The summed E-state index contributed by atoms with van der Waals surface area (Å²) < 4.78 is 0. The van der Waals surface area contributed by atoms with Crippen LogP contribution in [0.3, 0.4) is 0 Å². The number of carbonyl (C=O) groups excluding carboxylic acids is 2. The molecule has 1 aromatic heterocycles. The number of nitrogens with zero attached hydrogens (tertiary/aromatic N) is 1. The molecule has 1 aromatic carbocycles. The highest BCUT2D eigenvalue weighted by molar-refractivity contribution is 7.13. The standard InChI is InChI=1S/C16H18ClN3O2S/c1-16(2,3)20-13(21)8-18-14(22)12-9-23-15(19-12)10-4-6-11(17)7-5-10/h4-7,9H,8H2,1-3H3,(H,18,22)(H,20,21). The van der Waals surface area contributed by atoms with Crippen molar-refractivity contribution in [1.29, 1.82) is 0 Å². The summed E-state index contributed by atoms with van der Waals surface area (Å²) in [4.78, 5) is 28.0. The fourth-order valence-corrected chi connectivity index (χ4v) is 2.75. The minimum atomic E-state index is -0.370. The molecule has 23 heavy (non-hydrogen) atoms. The van der Waals surface area contributed by atoms with Gasteiger partial charge in [0.05, 0.1) is 6.54 Å². The number of rotatable bonds is 4. The predicted octanol–water partition coefficient (Wildman–Crippen LogP) is 3.11. The molecule has 0 saturated carbocycles. The van der Waals surface area contributed by atoms with Crippen molar-refractivity contribution in [2.24, 2.45) is 0 Å². The molecule has 0 radical (unpaired) electrons. The largest absolute Gasteiger partial charge is 0.350 e. The molecule has 2 aromatic rings. The zero-order valence-corrected chi connectivity index (χ0v) is 14.7. The Morgan fingerprint density at radius 3 is 2.48 bits per heavy atom. The van der Waals surface area contributed by atoms with Crippen LogP contribution >= 0.6 is 22.9 Å². The quantitative estimate of drug-likeness (QED) is 0.889. The Hall–Kier alpha value is -1.92. The normalized spacial score (nSPS) is 11.1. The van der Waals surface area contributed by atoms with Crippen LogP contribution in [0.5, 0.6) is 0 Å². The topological polar surface area (TPSA) is 71.1 Å². The van der Waals surface area contributed by atoms with Crippen molar-refractivity contribution in [1.82, 2.24) is 15.6 Å². The summed E-state index contributed by atoms with van der Waals surface area (Å²) in [7, 11) is 0. The van der Waals surface area contributed by atoms with E-state index in [2.05, 4.69) is 15.6 Å². The summed E-state index contributed by atoms with van der Waals surface area (Å²) >= 11 is 7.22. The van der Waals surface area contributed by atoms with Crippen LogP contribution in [-0.2, 0) is 4.79 Å². The molecule has 0 spiro atoms. The second-order valence-electron chi connectivity index (χ2n) is 6.03. The number of nitrogens with one attached hydrogen (secondary N) is 2. The maximum atomic E-state index is 12.0. The van der Waals surface area contributed by atoms with Gasteiger partial charge in [0.1, 0.15) is 10.7 Å². The van der Waals surface area contributed by atoms with E-state index in [-0.39, 0.29) is 23.9 Å². The van der Waals surface area contributed by atoms with Crippen LogP contribution in [0.1, 0.15) is 31.3 Å². The van der Waals surface area contributed by atoms with E-state index in [9.17, 15) is 9.59 Å². The van der Waals surface area contributed by atoms with Crippen molar-refractivity contribution >= 4 is 34.8 Å². The molecule has 1 heterocycles. The van der Waals surface area contributed by atoms with Crippen LogP contribution in [0.25, 0.3) is 10.6 Å². The predicted molar refractivity (Wildman–Crippen MR) is 92.8 cm³/mol. The first-order valence-electron chi connectivity index (χ1n) is 7.05. The SMILES string of the molecule is CC(C)(C)NC(=O)CNC(=O)c1csc(-c2ccc(Cl)cc2)n1. The summed E-state index contributed by atoms with van der Waals surface area (Å²) in [5.41, 5.74) is 0.858. The van der Waals surface area contributed by atoms with Crippen LogP contribution < -0.4 is 10.6 Å². The Morgan fingerprint density at radius 1 is 1.22 bits per heavy atom. The van der Waals surface area contributed by atoms with E-state index >= 15 is 0 Å². The lowest BCUT2D eigenvalue weighted by atomic mass is 10.1. The van der Waals surface area contributed by atoms with Crippen molar-refractivity contribution in [2.45, 2.75) is 26.3 Å². The highest BCUT2D eigenvalue weighted by atomic mass is 35.5. The second-order valence-corrected chi connectivity index (χ2v) is 7.32. The molecule has 2 N–H and O–H groups in total. The van der Waals surface area contributed by atoms with Gasteiger partial charge in [-0.25, -0.2) is 4.98 Å². The summed E-state index contributed by atoms with van der Waals surface area (Å²) in [6.45, 7) is 5.56. The molecule has 122 valence electrons. The van der Waals surface area contributed by atoms with E-state index in [0.717, 1.165) is 10.6 Å². The third kappa shape index (κ3) is 5.33. The lowest BCUT2D eigenvalue weighted by Gasteiger charge is -2.20. The second kappa shape index (κ2) is 7.10. The number of carbonyl (C=O) groups is 2. The van der Waals surface area contributed by atoms with Crippen LogP contribution in [0, 0.1) is 0 Å². The first-order chi connectivity index (χ1) is 10.7. The smallest absolute Gasteiger partial charge is 0.271 e. The highest BCUT2D eigenvalue weighted by Crippen LogP contribution is 2.25. The summed E-state index contributed by atoms with van der Waals surface area (Å²) in [5, 5.41) is 8.39. The number of benzene rings is 1. The monoisotopic (exact) mass is 351 g/mol. The molecule has 0 aliphatic rings. The van der Waals surface area contributed by atoms with Gasteiger partial charge in [0, 0.05) is 21.5 Å². The number of aromatic nitrogens is 1. The van der Waals surface area contributed by atoms with Crippen LogP contribution in [-0.4, -0.2) is 28.9 Å². The van der Waals surface area contributed by atoms with E-state index in [1.54, 1.807) is 17.5 Å². The van der Waals surface area contributed by atoms with Crippen molar-refractivity contribution < 1.29 is 9.59 Å². The zero-order chi connectivity index (χ0) is 17.0. The van der Waals surface area contributed by atoms with Crippen molar-refractivity contribution in [3.05, 3.63) is 40.4 Å². The van der Waals surface area contributed by atoms with Crippen LogP contribution in [0.15, 0.2) is 29.6 Å². The maximum Gasteiger partial charge on any atom is 0.271 e. The molecule has 0 aliphatic carbocycles. The molecule has 0 bridgehead atoms. The molecule has 7 heteroatoms. The lowest BCUT2D eigenvalue weighted by Crippen LogP contribution is -2.45. The Morgan fingerprint density at radius 2 is 1.87 bits per heavy atom. The summed E-state index contributed by atoms with van der Waals surface area (Å²) in [5.74, 6) is -0.607. The minimum absolute atomic E-state index is 0.0795. The Bertz CT molecular complexity index is 705. The van der Waals surface area contributed by atoms with Crippen LogP contribution in [0.4, 0.5) is 0 Å². The van der Waals surface area contributed by atoms with E-state index in [1.807, 2.05) is 32.9 Å². The lowest BCUT2D eigenvalue weighted by molar-refractivity contribution is -0.121. The number of halogens is 1. The first kappa shape index (κ1) is 17.4. The van der Waals surface area contributed by atoms with Gasteiger partial charge in [-0.1, -0.05) is 23.7 Å². The molecule has 2 rings (SSSR count). The molecular weight excluding hydrogens is 334 g/mol. The van der Waals surface area contributed by atoms with Gasteiger partial charge < -0.3 is 10.6 Å². The number of amides is 2. The van der Waals surface area contributed by atoms with Crippen LogP contribution in [0.2, 0.25) is 5.02 Å². The Kier molecular flexibility index (Phi) is 5.38. The first-order valence-corrected chi connectivity index (χ1v) is 8.31. The molecule has 0 atom stereocenters. The fraction of sp³-hybridized carbons (Fsp3) is 0.312. The van der Waals surface area contributed by atoms with E-state index in [0.29, 0.717) is 10.7 Å². The van der Waals surface area contributed by atoms with Crippen molar-refractivity contribution in [3.63, 3.8) is 0 Å². The van der Waals surface area contributed by atoms with Gasteiger partial charge in [-0.2, -0.15) is 0 Å². The van der Waals surface area contributed by atoms with Gasteiger partial charge in [0.15, 0.2) is 0 Å². The van der Waals surface area contributed by atoms with Gasteiger partial charge in [0.25, 0.3) is 5.91 Å². The van der Waals surface area contributed by atoms with E-state index in [4.69, 9.17) is 11.6 Å². The minimum Gasteiger partial charge on any atom is -0.350 e. The molecule has 0 aliphatic heterocycles. The van der Waals surface area contributed by atoms with Gasteiger partial charge in [-0.3, -0.25) is 9.59 Å². The third-order valence-corrected chi connectivity index (χ3v) is 3.90. The molecule has 2 amide bonds. The van der Waals surface area contributed by atoms with Crippen molar-refractivity contribution in [2.75, 3.05) is 6.54 Å². The number of hydrogen-bond acceptors (Lipinski definition) is 4. The zero-order valence-electron chi connectivity index (χ0n) is 13.1. The number of thiazole rings is 1. The van der Waals surface area contributed by atoms with Gasteiger partial charge in [-0.15, -0.1) is 11.3 Å². The third-order valence-electron chi connectivity index (χ3n) is 2.75. The number of hydrogen-bond donors (Lipinski definition) is 2. The van der Waals surface area contributed by atoms with E-state index in [1.165, 1.54) is 11.3 Å². The summed E-state index contributed by atoms with van der Waals surface area (Å²) in [6, 6.07) is 7.24. The molecule has 0 fully saturated rings. The van der Waals surface area contributed by atoms with E-state index < -0.39 is 0 Å². The van der Waals surface area contributed by atoms with Gasteiger partial charge in [0.2, 0.25) is 5.91 Å². The average Bonchev–Trinajstić information content (AvgIpc) is 2.93. The molecular formula is C16H18ClN3O2S. The van der Waals surface area contributed by atoms with Crippen molar-refractivity contribution in [3.8, 4) is 10.6 Å². The summed E-state index contributed by atoms with van der Waals surface area (Å²) in [6.07, 6.45) is 0. The Labute approximate surface area is 144 Å².